The number of rotatable bonds is 2. The summed E-state index contributed by atoms with van der Waals surface area (Å²) in [6, 6.07) is 9.67. The quantitative estimate of drug-likeness (QED) is 0.649. The van der Waals surface area contributed by atoms with Gasteiger partial charge in [-0.1, -0.05) is 30.3 Å². The lowest BCUT2D eigenvalue weighted by atomic mass is 10.1. The lowest BCUT2D eigenvalue weighted by Gasteiger charge is -1.98. The molecule has 0 radical (unpaired) electrons. The molecule has 0 atom stereocenters. The van der Waals surface area contributed by atoms with Gasteiger partial charge in [0, 0.05) is 11.6 Å². The summed E-state index contributed by atoms with van der Waals surface area (Å²) in [6.07, 6.45) is 0.470. The zero-order chi connectivity index (χ0) is 11.7. The molecule has 6 heteroatoms. The first kappa shape index (κ1) is 13.7. The third kappa shape index (κ3) is 9.02. The second-order valence-corrected chi connectivity index (χ2v) is 3.09. The molecular formula is C9H13NO4P+. The van der Waals surface area contributed by atoms with Crippen LogP contribution in [0.1, 0.15) is 5.56 Å². The van der Waals surface area contributed by atoms with E-state index in [0.29, 0.717) is 6.42 Å². The highest BCUT2D eigenvalue weighted by Gasteiger charge is 1.97. The zero-order valence-electron chi connectivity index (χ0n) is 8.25. The van der Waals surface area contributed by atoms with Crippen molar-refractivity contribution in [1.82, 2.24) is 5.32 Å². The molecule has 0 spiro atoms. The van der Waals surface area contributed by atoms with E-state index in [9.17, 15) is 4.79 Å². The Labute approximate surface area is 88.7 Å². The highest BCUT2D eigenvalue weighted by atomic mass is 31.1. The van der Waals surface area contributed by atoms with Crippen LogP contribution in [0.15, 0.2) is 30.3 Å². The van der Waals surface area contributed by atoms with Crippen molar-refractivity contribution in [3.63, 3.8) is 0 Å². The summed E-state index contributed by atoms with van der Waals surface area (Å²) in [5.41, 5.74) is 1.05. The number of likely N-dealkylation sites (N-methyl/N-ethyl adjacent to an activating group) is 1. The summed E-state index contributed by atoms with van der Waals surface area (Å²) >= 11 is 0. The largest absolute Gasteiger partial charge is 0.692 e. The van der Waals surface area contributed by atoms with Gasteiger partial charge in [-0.3, -0.25) is 4.79 Å². The van der Waals surface area contributed by atoms with Gasteiger partial charge >= 0.3 is 8.25 Å². The van der Waals surface area contributed by atoms with E-state index >= 15 is 0 Å². The van der Waals surface area contributed by atoms with Crippen molar-refractivity contribution in [3.05, 3.63) is 35.9 Å². The van der Waals surface area contributed by atoms with Crippen molar-refractivity contribution >= 4 is 14.2 Å². The molecule has 1 aromatic carbocycles. The average Bonchev–Trinajstić information content (AvgIpc) is 2.18. The van der Waals surface area contributed by atoms with Gasteiger partial charge in [0.05, 0.1) is 6.42 Å². The molecule has 1 amide bonds. The van der Waals surface area contributed by atoms with Crippen LogP contribution in [0.25, 0.3) is 0 Å². The molecule has 0 unspecified atom stereocenters. The van der Waals surface area contributed by atoms with Crippen LogP contribution in [-0.4, -0.2) is 22.7 Å². The van der Waals surface area contributed by atoms with Crippen LogP contribution in [0.3, 0.4) is 0 Å². The molecule has 0 heterocycles. The third-order valence-corrected chi connectivity index (χ3v) is 1.49. The number of hydrogen-bond acceptors (Lipinski definition) is 2. The predicted octanol–water partition coefficient (Wildman–Crippen LogP) is 0.603. The molecule has 0 aliphatic heterocycles. The Kier molecular flexibility index (Phi) is 7.36. The van der Waals surface area contributed by atoms with Gasteiger partial charge in [-0.15, -0.1) is 9.79 Å². The molecule has 0 aromatic heterocycles. The van der Waals surface area contributed by atoms with Gasteiger partial charge in [-0.2, -0.15) is 0 Å². The fourth-order valence-electron chi connectivity index (χ4n) is 0.870. The molecule has 0 bridgehead atoms. The van der Waals surface area contributed by atoms with E-state index in [1.54, 1.807) is 7.05 Å². The van der Waals surface area contributed by atoms with Gasteiger partial charge in [-0.05, 0) is 5.56 Å². The second-order valence-electron chi connectivity index (χ2n) is 2.59. The van der Waals surface area contributed by atoms with Crippen molar-refractivity contribution in [3.8, 4) is 0 Å². The molecule has 0 saturated carbocycles. The standard InChI is InChI=1S/C9H11NO.HO3P/c1-10-9(11)7-8-5-3-2-4-6-8;1-4(2)3/h2-6H,7H2,1H3,(H,10,11);(H-,1,2,3)/p+1. The van der Waals surface area contributed by atoms with Gasteiger partial charge in [0.25, 0.3) is 0 Å². The van der Waals surface area contributed by atoms with Crippen molar-refractivity contribution in [2.24, 2.45) is 0 Å². The van der Waals surface area contributed by atoms with Crippen LogP contribution in [0.2, 0.25) is 0 Å². The number of amides is 1. The predicted molar refractivity (Wildman–Crippen MR) is 56.3 cm³/mol. The zero-order valence-corrected chi connectivity index (χ0v) is 9.15. The van der Waals surface area contributed by atoms with Crippen LogP contribution < -0.4 is 5.32 Å². The van der Waals surface area contributed by atoms with E-state index < -0.39 is 8.25 Å². The Balaban J connectivity index is 0.000000423. The Morgan fingerprint density at radius 2 is 1.80 bits per heavy atom. The second kappa shape index (κ2) is 8.05. The Hall–Kier alpha value is -1.29. The summed E-state index contributed by atoms with van der Waals surface area (Å²) in [4.78, 5) is 25.1. The maximum absolute atomic E-state index is 10.9. The summed E-state index contributed by atoms with van der Waals surface area (Å²) in [7, 11) is -1.23. The van der Waals surface area contributed by atoms with Gasteiger partial charge in [0.15, 0.2) is 0 Å². The molecule has 1 aromatic rings. The molecular weight excluding hydrogens is 217 g/mol. The molecule has 0 aliphatic carbocycles. The fourth-order valence-corrected chi connectivity index (χ4v) is 0.870. The maximum atomic E-state index is 10.9. The SMILES string of the molecule is CNC(=O)Cc1ccccc1.O=[P+](O)O. The minimum absolute atomic E-state index is 0.0520. The third-order valence-electron chi connectivity index (χ3n) is 1.49. The van der Waals surface area contributed by atoms with E-state index in [0.717, 1.165) is 5.56 Å². The summed E-state index contributed by atoms with van der Waals surface area (Å²) in [5.74, 6) is 0.0520. The Bertz CT molecular complexity index is 311. The first-order chi connectivity index (χ1) is 7.06. The topological polar surface area (TPSA) is 86.6 Å². The first-order valence-corrected chi connectivity index (χ1v) is 5.32. The first-order valence-electron chi connectivity index (χ1n) is 4.15. The van der Waals surface area contributed by atoms with E-state index in [1.165, 1.54) is 0 Å². The normalized spacial score (nSPS) is 8.47. The van der Waals surface area contributed by atoms with E-state index in [-0.39, 0.29) is 5.91 Å². The molecule has 5 nitrogen and oxygen atoms in total. The number of benzene rings is 1. The molecule has 1 rings (SSSR count). The lowest BCUT2D eigenvalue weighted by Crippen LogP contribution is -2.19. The monoisotopic (exact) mass is 230 g/mol. The maximum Gasteiger partial charge on any atom is 0.692 e. The summed E-state index contributed by atoms with van der Waals surface area (Å²) in [5, 5.41) is 2.57. The van der Waals surface area contributed by atoms with Crippen molar-refractivity contribution in [1.29, 1.82) is 0 Å². The summed E-state index contributed by atoms with van der Waals surface area (Å²) in [6.45, 7) is 0. The van der Waals surface area contributed by atoms with Crippen LogP contribution in [0.4, 0.5) is 0 Å². The van der Waals surface area contributed by atoms with Crippen LogP contribution >= 0.6 is 8.25 Å². The van der Waals surface area contributed by atoms with E-state index in [2.05, 4.69) is 5.32 Å². The highest BCUT2D eigenvalue weighted by Crippen LogP contribution is 1.99. The molecule has 0 fully saturated rings. The number of nitrogens with one attached hydrogen (secondary N) is 1. The number of carbonyl (C=O) groups is 1. The fraction of sp³-hybridized carbons (Fsp3) is 0.222. The van der Waals surface area contributed by atoms with Gasteiger partial charge in [-0.25, -0.2) is 0 Å². The molecule has 0 aliphatic rings. The van der Waals surface area contributed by atoms with Crippen LogP contribution in [0.5, 0.6) is 0 Å². The smallest absolute Gasteiger partial charge is 0.359 e. The van der Waals surface area contributed by atoms with E-state index in [4.69, 9.17) is 14.4 Å². The molecule has 15 heavy (non-hydrogen) atoms. The van der Waals surface area contributed by atoms with Gasteiger partial charge in [0.2, 0.25) is 5.91 Å². The molecule has 0 saturated heterocycles. The highest BCUT2D eigenvalue weighted by molar-refractivity contribution is 7.30. The minimum atomic E-state index is -2.87. The number of carbonyl (C=O) groups excluding carboxylic acids is 1. The van der Waals surface area contributed by atoms with Crippen LogP contribution in [0, 0.1) is 0 Å². The number of hydrogen-bond donors (Lipinski definition) is 3. The van der Waals surface area contributed by atoms with Gasteiger partial charge < -0.3 is 5.32 Å². The van der Waals surface area contributed by atoms with Crippen molar-refractivity contribution in [2.45, 2.75) is 6.42 Å². The summed E-state index contributed by atoms with van der Waals surface area (Å²) < 4.78 is 8.70. The van der Waals surface area contributed by atoms with E-state index in [1.807, 2.05) is 30.3 Å². The van der Waals surface area contributed by atoms with Crippen molar-refractivity contribution in [2.75, 3.05) is 7.05 Å². The molecule has 82 valence electrons. The Morgan fingerprint density at radius 3 is 2.20 bits per heavy atom. The van der Waals surface area contributed by atoms with Gasteiger partial charge in [0.1, 0.15) is 0 Å². The molecule has 3 N–H and O–H groups in total. The lowest BCUT2D eigenvalue weighted by molar-refractivity contribution is -0.119. The average molecular weight is 230 g/mol. The minimum Gasteiger partial charge on any atom is -0.359 e. The van der Waals surface area contributed by atoms with Crippen LogP contribution in [-0.2, 0) is 15.8 Å². The van der Waals surface area contributed by atoms with Crippen molar-refractivity contribution < 1.29 is 19.1 Å². The Morgan fingerprint density at radius 1 is 1.33 bits per heavy atom.